The standard InChI is InChI=1S/C21H23ClN2O4S2/c1-13(11-20(25)23-10-9-15-3-5-16(22)6-4-15)30(27,28)17-7-8-19-18(12-17)24-21(26)14(2)29-19/h3-8,12-14H,9-11H2,1-2H3,(H,23,25)(H,24,26)/t13-,14+/m0/s1. The summed E-state index contributed by atoms with van der Waals surface area (Å²) in [4.78, 5) is 25.0. The Morgan fingerprint density at radius 1 is 1.23 bits per heavy atom. The Morgan fingerprint density at radius 2 is 1.93 bits per heavy atom. The molecular weight excluding hydrogens is 444 g/mol. The minimum Gasteiger partial charge on any atom is -0.356 e. The summed E-state index contributed by atoms with van der Waals surface area (Å²) in [6, 6.07) is 12.0. The molecule has 9 heteroatoms. The zero-order valence-corrected chi connectivity index (χ0v) is 19.0. The number of hydrogen-bond acceptors (Lipinski definition) is 5. The van der Waals surface area contributed by atoms with E-state index in [0.29, 0.717) is 23.7 Å². The Bertz CT molecular complexity index is 1060. The SMILES string of the molecule is C[C@H]1Sc2ccc(S(=O)(=O)[C@@H](C)CC(=O)NCCc3ccc(Cl)cc3)cc2NC1=O. The molecule has 0 saturated heterocycles. The van der Waals surface area contributed by atoms with E-state index >= 15 is 0 Å². The van der Waals surface area contributed by atoms with Crippen LogP contribution in [0, 0.1) is 0 Å². The van der Waals surface area contributed by atoms with Crippen LogP contribution < -0.4 is 10.6 Å². The molecule has 2 N–H and O–H groups in total. The molecule has 0 aliphatic carbocycles. The lowest BCUT2D eigenvalue weighted by molar-refractivity contribution is -0.121. The highest BCUT2D eigenvalue weighted by molar-refractivity contribution is 8.01. The largest absolute Gasteiger partial charge is 0.356 e. The van der Waals surface area contributed by atoms with Gasteiger partial charge in [-0.2, -0.15) is 0 Å². The van der Waals surface area contributed by atoms with Crippen LogP contribution in [0.3, 0.4) is 0 Å². The van der Waals surface area contributed by atoms with Gasteiger partial charge in [-0.3, -0.25) is 9.59 Å². The third-order valence-electron chi connectivity index (χ3n) is 4.86. The average Bonchev–Trinajstić information content (AvgIpc) is 2.70. The molecule has 0 aromatic heterocycles. The molecule has 2 aromatic carbocycles. The van der Waals surface area contributed by atoms with Crippen LogP contribution in [-0.4, -0.2) is 37.3 Å². The smallest absolute Gasteiger partial charge is 0.237 e. The predicted molar refractivity (Wildman–Crippen MR) is 120 cm³/mol. The highest BCUT2D eigenvalue weighted by atomic mass is 35.5. The molecule has 2 amide bonds. The minimum atomic E-state index is -3.72. The van der Waals surface area contributed by atoms with Crippen molar-refractivity contribution >= 4 is 50.7 Å². The molecule has 0 spiro atoms. The molecule has 0 saturated carbocycles. The van der Waals surface area contributed by atoms with Crippen molar-refractivity contribution in [2.24, 2.45) is 0 Å². The van der Waals surface area contributed by atoms with E-state index in [1.165, 1.54) is 30.8 Å². The number of nitrogens with one attached hydrogen (secondary N) is 2. The third-order valence-corrected chi connectivity index (χ3v) is 8.43. The highest BCUT2D eigenvalue weighted by Gasteiger charge is 2.29. The summed E-state index contributed by atoms with van der Waals surface area (Å²) in [6.07, 6.45) is 0.489. The summed E-state index contributed by atoms with van der Waals surface area (Å²) in [7, 11) is -3.72. The zero-order valence-electron chi connectivity index (χ0n) is 16.6. The van der Waals surface area contributed by atoms with E-state index in [9.17, 15) is 18.0 Å². The van der Waals surface area contributed by atoms with E-state index in [1.807, 2.05) is 12.1 Å². The molecule has 0 unspecified atom stereocenters. The van der Waals surface area contributed by atoms with Gasteiger partial charge in [0.15, 0.2) is 9.84 Å². The van der Waals surface area contributed by atoms with E-state index in [0.717, 1.165) is 10.5 Å². The topological polar surface area (TPSA) is 92.3 Å². The molecule has 6 nitrogen and oxygen atoms in total. The number of hydrogen-bond donors (Lipinski definition) is 2. The number of carbonyl (C=O) groups excluding carboxylic acids is 2. The number of rotatable bonds is 7. The summed E-state index contributed by atoms with van der Waals surface area (Å²) in [5.74, 6) is -0.481. The lowest BCUT2D eigenvalue weighted by Crippen LogP contribution is -2.31. The third kappa shape index (κ3) is 5.36. The molecular formula is C21H23ClN2O4S2. The van der Waals surface area contributed by atoms with E-state index in [-0.39, 0.29) is 28.4 Å². The predicted octanol–water partition coefficient (Wildman–Crippen LogP) is 3.68. The lowest BCUT2D eigenvalue weighted by atomic mass is 10.1. The van der Waals surface area contributed by atoms with Crippen molar-refractivity contribution in [1.29, 1.82) is 0 Å². The second kappa shape index (κ2) is 9.41. The van der Waals surface area contributed by atoms with Crippen molar-refractivity contribution < 1.29 is 18.0 Å². The number of sulfone groups is 1. The van der Waals surface area contributed by atoms with Crippen LogP contribution in [0.1, 0.15) is 25.8 Å². The van der Waals surface area contributed by atoms with E-state index in [4.69, 9.17) is 11.6 Å². The van der Waals surface area contributed by atoms with E-state index in [1.54, 1.807) is 25.1 Å². The van der Waals surface area contributed by atoms with Gasteiger partial charge in [0.05, 0.1) is 21.1 Å². The van der Waals surface area contributed by atoms with Crippen LogP contribution in [0.15, 0.2) is 52.3 Å². The fraction of sp³-hybridized carbons (Fsp3) is 0.333. The van der Waals surface area contributed by atoms with Gasteiger partial charge in [0.1, 0.15) is 0 Å². The lowest BCUT2D eigenvalue weighted by Gasteiger charge is -2.22. The fourth-order valence-electron chi connectivity index (χ4n) is 3.04. The Balaban J connectivity index is 1.59. The number of fused-ring (bicyclic) bond motifs is 1. The summed E-state index contributed by atoms with van der Waals surface area (Å²) >= 11 is 7.24. The van der Waals surface area contributed by atoms with Gasteiger partial charge in [-0.1, -0.05) is 23.7 Å². The van der Waals surface area contributed by atoms with Gasteiger partial charge in [0.2, 0.25) is 11.8 Å². The first-order chi connectivity index (χ1) is 14.2. The molecule has 2 aromatic rings. The van der Waals surface area contributed by atoms with Crippen molar-refractivity contribution in [3.63, 3.8) is 0 Å². The van der Waals surface area contributed by atoms with Gasteiger partial charge in [-0.05, 0) is 56.2 Å². The molecule has 3 rings (SSSR count). The average molecular weight is 467 g/mol. The number of carbonyl (C=O) groups is 2. The second-order valence-electron chi connectivity index (χ2n) is 7.19. The molecule has 0 bridgehead atoms. The quantitative estimate of drug-likeness (QED) is 0.649. The number of thioether (sulfide) groups is 1. The molecule has 30 heavy (non-hydrogen) atoms. The van der Waals surface area contributed by atoms with Crippen molar-refractivity contribution in [3.05, 3.63) is 53.1 Å². The van der Waals surface area contributed by atoms with Crippen molar-refractivity contribution in [2.45, 2.75) is 47.0 Å². The van der Waals surface area contributed by atoms with Gasteiger partial charge in [-0.25, -0.2) is 8.42 Å². The number of anilines is 1. The summed E-state index contributed by atoms with van der Waals surface area (Å²) in [5.41, 5.74) is 1.52. The number of benzene rings is 2. The zero-order chi connectivity index (χ0) is 21.9. The Hall–Kier alpha value is -2.03. The van der Waals surface area contributed by atoms with E-state index in [2.05, 4.69) is 10.6 Å². The molecule has 1 heterocycles. The monoisotopic (exact) mass is 466 g/mol. The maximum Gasteiger partial charge on any atom is 0.237 e. The van der Waals surface area contributed by atoms with Crippen LogP contribution in [-0.2, 0) is 25.8 Å². The first kappa shape index (κ1) is 22.7. The van der Waals surface area contributed by atoms with Crippen LogP contribution in [0.5, 0.6) is 0 Å². The van der Waals surface area contributed by atoms with Gasteiger partial charge >= 0.3 is 0 Å². The number of amides is 2. The summed E-state index contributed by atoms with van der Waals surface area (Å²) in [5, 5.41) is 5.03. The molecule has 0 radical (unpaired) electrons. The van der Waals surface area contributed by atoms with Gasteiger partial charge in [0.25, 0.3) is 0 Å². The Labute approximate surface area is 185 Å². The maximum absolute atomic E-state index is 12.9. The Morgan fingerprint density at radius 3 is 2.63 bits per heavy atom. The maximum atomic E-state index is 12.9. The van der Waals surface area contributed by atoms with Gasteiger partial charge in [-0.15, -0.1) is 11.8 Å². The summed E-state index contributed by atoms with van der Waals surface area (Å²) in [6.45, 7) is 3.72. The Kier molecular flexibility index (Phi) is 7.10. The first-order valence-corrected chi connectivity index (χ1v) is 12.3. The summed E-state index contributed by atoms with van der Waals surface area (Å²) < 4.78 is 25.8. The minimum absolute atomic E-state index is 0.0955. The highest BCUT2D eigenvalue weighted by Crippen LogP contribution is 2.37. The van der Waals surface area contributed by atoms with Gasteiger partial charge in [0, 0.05) is 22.9 Å². The van der Waals surface area contributed by atoms with Crippen LogP contribution in [0.4, 0.5) is 5.69 Å². The molecule has 0 fully saturated rings. The van der Waals surface area contributed by atoms with Gasteiger partial charge < -0.3 is 10.6 Å². The molecule has 1 aliphatic heterocycles. The van der Waals surface area contributed by atoms with Crippen molar-refractivity contribution in [3.8, 4) is 0 Å². The fourth-order valence-corrected chi connectivity index (χ4v) is 5.47. The normalized spacial score (nSPS) is 17.0. The van der Waals surface area contributed by atoms with Crippen LogP contribution in [0.2, 0.25) is 5.02 Å². The first-order valence-electron chi connectivity index (χ1n) is 9.53. The second-order valence-corrected chi connectivity index (χ2v) is 11.4. The van der Waals surface area contributed by atoms with Crippen LogP contribution in [0.25, 0.3) is 0 Å². The molecule has 1 aliphatic rings. The van der Waals surface area contributed by atoms with Crippen molar-refractivity contribution in [2.75, 3.05) is 11.9 Å². The molecule has 2 atom stereocenters. The van der Waals surface area contributed by atoms with Crippen LogP contribution >= 0.6 is 23.4 Å². The van der Waals surface area contributed by atoms with E-state index < -0.39 is 15.1 Å². The molecule has 160 valence electrons. The number of halogens is 1. The van der Waals surface area contributed by atoms with Crippen molar-refractivity contribution in [1.82, 2.24) is 5.32 Å².